The Hall–Kier alpha value is -2.28. The number of alkyl halides is 3. The third-order valence-corrected chi connectivity index (χ3v) is 5.40. The molecule has 0 unspecified atom stereocenters. The van der Waals surface area contributed by atoms with Crippen molar-refractivity contribution in [3.63, 3.8) is 0 Å². The summed E-state index contributed by atoms with van der Waals surface area (Å²) in [5.41, 5.74) is 3.34. The Bertz CT molecular complexity index is 940. The lowest BCUT2D eigenvalue weighted by molar-refractivity contribution is -0.137. The number of hydrogen-bond donors (Lipinski definition) is 1. The van der Waals surface area contributed by atoms with Crippen molar-refractivity contribution in [1.29, 1.82) is 0 Å². The molecular weight excluding hydrogens is 371 g/mol. The van der Waals surface area contributed by atoms with Gasteiger partial charge in [-0.05, 0) is 51.5 Å². The standard InChI is InChI=1S/C20H22F3N3S/c1-5-12(2)24-19-25-18(11-27-19)17-9-13(3)26(14(17)4)16-8-6-7-15(10-16)20(21,22)23/h6-12H,5H2,1-4H3,(H,24,25)/t12-/m0/s1. The highest BCUT2D eigenvalue weighted by atomic mass is 32.1. The van der Waals surface area contributed by atoms with Crippen LogP contribution in [0, 0.1) is 13.8 Å². The first-order valence-corrected chi connectivity index (χ1v) is 9.67. The summed E-state index contributed by atoms with van der Waals surface area (Å²) in [6.45, 7) is 8.00. The molecule has 27 heavy (non-hydrogen) atoms. The Labute approximate surface area is 160 Å². The van der Waals surface area contributed by atoms with Crippen molar-refractivity contribution < 1.29 is 13.2 Å². The van der Waals surface area contributed by atoms with Crippen LogP contribution in [0.15, 0.2) is 35.7 Å². The summed E-state index contributed by atoms with van der Waals surface area (Å²) in [4.78, 5) is 4.65. The molecule has 1 aromatic carbocycles. The highest BCUT2D eigenvalue weighted by Gasteiger charge is 2.30. The van der Waals surface area contributed by atoms with Crippen LogP contribution in [0.25, 0.3) is 16.9 Å². The van der Waals surface area contributed by atoms with E-state index in [2.05, 4.69) is 24.1 Å². The minimum Gasteiger partial charge on any atom is -0.359 e. The van der Waals surface area contributed by atoms with Crippen LogP contribution in [0.5, 0.6) is 0 Å². The molecule has 0 bridgehead atoms. The van der Waals surface area contributed by atoms with Crippen LogP contribution >= 0.6 is 11.3 Å². The summed E-state index contributed by atoms with van der Waals surface area (Å²) in [6, 6.07) is 7.70. The number of hydrogen-bond acceptors (Lipinski definition) is 3. The van der Waals surface area contributed by atoms with E-state index < -0.39 is 11.7 Å². The Kier molecular flexibility index (Phi) is 5.33. The molecule has 0 saturated carbocycles. The van der Waals surface area contributed by atoms with Crippen LogP contribution in [0.3, 0.4) is 0 Å². The van der Waals surface area contributed by atoms with Crippen LogP contribution in [0.1, 0.15) is 37.2 Å². The molecule has 0 saturated heterocycles. The van der Waals surface area contributed by atoms with Gasteiger partial charge in [-0.2, -0.15) is 13.2 Å². The molecular formula is C20H22F3N3S. The first-order valence-electron chi connectivity index (χ1n) is 8.79. The van der Waals surface area contributed by atoms with E-state index in [1.54, 1.807) is 6.07 Å². The van der Waals surface area contributed by atoms with Gasteiger partial charge < -0.3 is 9.88 Å². The van der Waals surface area contributed by atoms with Gasteiger partial charge in [-0.25, -0.2) is 4.98 Å². The number of nitrogens with one attached hydrogen (secondary N) is 1. The molecule has 2 heterocycles. The summed E-state index contributed by atoms with van der Waals surface area (Å²) in [5, 5.41) is 6.18. The molecule has 144 valence electrons. The maximum Gasteiger partial charge on any atom is 0.416 e. The zero-order chi connectivity index (χ0) is 19.8. The van der Waals surface area contributed by atoms with Crippen LogP contribution in [0.4, 0.5) is 18.3 Å². The molecule has 3 aromatic rings. The minimum absolute atomic E-state index is 0.335. The van der Waals surface area contributed by atoms with Crippen molar-refractivity contribution in [3.05, 3.63) is 52.7 Å². The average molecular weight is 393 g/mol. The van der Waals surface area contributed by atoms with E-state index in [1.807, 2.05) is 29.9 Å². The van der Waals surface area contributed by atoms with Crippen molar-refractivity contribution in [2.75, 3.05) is 5.32 Å². The first kappa shape index (κ1) is 19.5. The van der Waals surface area contributed by atoms with Gasteiger partial charge in [0.05, 0.1) is 11.3 Å². The maximum absolute atomic E-state index is 13.1. The van der Waals surface area contributed by atoms with E-state index in [4.69, 9.17) is 0 Å². The third kappa shape index (κ3) is 4.03. The van der Waals surface area contributed by atoms with E-state index >= 15 is 0 Å². The van der Waals surface area contributed by atoms with Gasteiger partial charge in [-0.1, -0.05) is 13.0 Å². The highest BCUT2D eigenvalue weighted by Crippen LogP contribution is 2.34. The number of anilines is 1. The zero-order valence-electron chi connectivity index (χ0n) is 15.7. The molecule has 0 aliphatic heterocycles. The van der Waals surface area contributed by atoms with Gasteiger partial charge in [-0.15, -0.1) is 11.3 Å². The van der Waals surface area contributed by atoms with Gasteiger partial charge in [-0.3, -0.25) is 0 Å². The lowest BCUT2D eigenvalue weighted by atomic mass is 10.2. The van der Waals surface area contributed by atoms with Gasteiger partial charge in [0.2, 0.25) is 0 Å². The Morgan fingerprint density at radius 3 is 2.63 bits per heavy atom. The molecule has 0 radical (unpaired) electrons. The second kappa shape index (κ2) is 7.38. The lowest BCUT2D eigenvalue weighted by Crippen LogP contribution is -2.12. The molecule has 7 heteroatoms. The fourth-order valence-corrected chi connectivity index (χ4v) is 3.84. The molecule has 3 rings (SSSR count). The van der Waals surface area contributed by atoms with Crippen LogP contribution in [-0.2, 0) is 6.18 Å². The summed E-state index contributed by atoms with van der Waals surface area (Å²) >= 11 is 1.53. The van der Waals surface area contributed by atoms with Crippen molar-refractivity contribution in [1.82, 2.24) is 9.55 Å². The molecule has 0 fully saturated rings. The molecule has 0 spiro atoms. The monoisotopic (exact) mass is 393 g/mol. The third-order valence-electron chi connectivity index (χ3n) is 4.63. The summed E-state index contributed by atoms with van der Waals surface area (Å²) in [6.07, 6.45) is -3.36. The van der Waals surface area contributed by atoms with Gasteiger partial charge >= 0.3 is 6.18 Å². The molecule has 0 aliphatic rings. The molecule has 0 amide bonds. The van der Waals surface area contributed by atoms with E-state index in [9.17, 15) is 13.2 Å². The Morgan fingerprint density at radius 2 is 1.96 bits per heavy atom. The number of halogens is 3. The van der Waals surface area contributed by atoms with Gasteiger partial charge in [0, 0.05) is 34.1 Å². The van der Waals surface area contributed by atoms with E-state index in [0.29, 0.717) is 11.7 Å². The molecule has 3 nitrogen and oxygen atoms in total. The fraction of sp³-hybridized carbons (Fsp3) is 0.350. The van der Waals surface area contributed by atoms with E-state index in [0.717, 1.165) is 40.3 Å². The summed E-state index contributed by atoms with van der Waals surface area (Å²) in [7, 11) is 0. The topological polar surface area (TPSA) is 29.9 Å². The quantitative estimate of drug-likeness (QED) is 0.540. The van der Waals surface area contributed by atoms with Gasteiger partial charge in [0.1, 0.15) is 0 Å². The van der Waals surface area contributed by atoms with Crippen molar-refractivity contribution in [2.24, 2.45) is 0 Å². The lowest BCUT2D eigenvalue weighted by Gasteiger charge is -2.13. The van der Waals surface area contributed by atoms with E-state index in [1.165, 1.54) is 23.5 Å². The second-order valence-electron chi connectivity index (χ2n) is 6.66. The average Bonchev–Trinajstić information content (AvgIpc) is 3.18. The van der Waals surface area contributed by atoms with Crippen molar-refractivity contribution >= 4 is 16.5 Å². The Morgan fingerprint density at radius 1 is 1.22 bits per heavy atom. The second-order valence-corrected chi connectivity index (χ2v) is 7.52. The van der Waals surface area contributed by atoms with Crippen LogP contribution < -0.4 is 5.32 Å². The predicted molar refractivity (Wildman–Crippen MR) is 105 cm³/mol. The largest absolute Gasteiger partial charge is 0.416 e. The normalized spacial score (nSPS) is 13.0. The summed E-state index contributed by atoms with van der Waals surface area (Å²) < 4.78 is 41.0. The van der Waals surface area contributed by atoms with Crippen LogP contribution in [-0.4, -0.2) is 15.6 Å². The number of benzene rings is 1. The van der Waals surface area contributed by atoms with Gasteiger partial charge in [0.25, 0.3) is 0 Å². The SMILES string of the molecule is CC[C@H](C)Nc1nc(-c2cc(C)n(-c3cccc(C(F)(F)F)c3)c2C)cs1. The number of nitrogens with zero attached hydrogens (tertiary/aromatic N) is 2. The van der Waals surface area contributed by atoms with Gasteiger partial charge in [0.15, 0.2) is 5.13 Å². The summed E-state index contributed by atoms with van der Waals surface area (Å²) in [5.74, 6) is 0. The zero-order valence-corrected chi connectivity index (χ0v) is 16.5. The molecule has 1 N–H and O–H groups in total. The predicted octanol–water partition coefficient (Wildman–Crippen LogP) is 6.45. The van der Waals surface area contributed by atoms with Crippen molar-refractivity contribution in [3.8, 4) is 16.9 Å². The maximum atomic E-state index is 13.1. The molecule has 1 atom stereocenters. The molecule has 2 aromatic heterocycles. The number of thiazole rings is 1. The van der Waals surface area contributed by atoms with Crippen LogP contribution in [0.2, 0.25) is 0 Å². The molecule has 0 aliphatic carbocycles. The smallest absolute Gasteiger partial charge is 0.359 e. The number of aryl methyl sites for hydroxylation is 1. The van der Waals surface area contributed by atoms with E-state index in [-0.39, 0.29) is 0 Å². The minimum atomic E-state index is -4.36. The number of rotatable bonds is 5. The number of aromatic nitrogens is 2. The first-order chi connectivity index (χ1) is 12.7. The van der Waals surface area contributed by atoms with Crippen molar-refractivity contribution in [2.45, 2.75) is 46.3 Å². The fourth-order valence-electron chi connectivity index (χ4n) is 3.02. The highest BCUT2D eigenvalue weighted by molar-refractivity contribution is 7.14. The Balaban J connectivity index is 1.99.